The summed E-state index contributed by atoms with van der Waals surface area (Å²) in [6.07, 6.45) is 5.22. The molecule has 2 rings (SSSR count). The highest BCUT2D eigenvalue weighted by Crippen LogP contribution is 2.37. The van der Waals surface area contributed by atoms with E-state index in [1.165, 1.54) is 25.7 Å². The highest BCUT2D eigenvalue weighted by atomic mass is 16.7. The lowest BCUT2D eigenvalue weighted by Gasteiger charge is -2.44. The van der Waals surface area contributed by atoms with Crippen LogP contribution in [0.5, 0.6) is 0 Å². The summed E-state index contributed by atoms with van der Waals surface area (Å²) in [6.45, 7) is 5.04. The molecule has 2 saturated carbocycles. The molecule has 2 N–H and O–H groups in total. The van der Waals surface area contributed by atoms with Crippen LogP contribution in [0.2, 0.25) is 0 Å². The predicted octanol–water partition coefficient (Wildman–Crippen LogP) is 1.44. The Kier molecular flexibility index (Phi) is 4.64. The Hall–Kier alpha value is -0.160. The van der Waals surface area contributed by atoms with Crippen molar-refractivity contribution >= 4 is 0 Å². The molecule has 2 fully saturated rings. The molecule has 0 aromatic rings. The molecule has 4 heteroatoms. The van der Waals surface area contributed by atoms with Crippen LogP contribution in [-0.2, 0) is 9.47 Å². The van der Waals surface area contributed by atoms with Crippen molar-refractivity contribution in [3.05, 3.63) is 0 Å². The summed E-state index contributed by atoms with van der Waals surface area (Å²) < 4.78 is 11.0. The minimum atomic E-state index is -0.250. The van der Waals surface area contributed by atoms with Gasteiger partial charge in [-0.05, 0) is 44.4 Å². The van der Waals surface area contributed by atoms with Gasteiger partial charge in [-0.3, -0.25) is 4.90 Å². The van der Waals surface area contributed by atoms with Gasteiger partial charge in [0.15, 0.2) is 6.29 Å². The molecular formula is C14H28N2O2. The van der Waals surface area contributed by atoms with Gasteiger partial charge in [0.05, 0.1) is 5.54 Å². The van der Waals surface area contributed by atoms with Gasteiger partial charge in [-0.25, -0.2) is 0 Å². The van der Waals surface area contributed by atoms with Crippen LogP contribution >= 0.6 is 0 Å². The zero-order valence-corrected chi connectivity index (χ0v) is 12.0. The average Bonchev–Trinajstić information content (AvgIpc) is 3.24. The molecular weight excluding hydrogens is 228 g/mol. The minimum Gasteiger partial charge on any atom is -0.354 e. The van der Waals surface area contributed by atoms with Crippen molar-refractivity contribution in [2.45, 2.75) is 44.4 Å². The van der Waals surface area contributed by atoms with E-state index in [0.717, 1.165) is 24.9 Å². The van der Waals surface area contributed by atoms with E-state index in [-0.39, 0.29) is 11.8 Å². The van der Waals surface area contributed by atoms with Crippen molar-refractivity contribution in [1.82, 2.24) is 4.90 Å². The Bertz CT molecular complexity index is 249. The third-order valence-corrected chi connectivity index (χ3v) is 4.42. The number of hydrogen-bond acceptors (Lipinski definition) is 4. The molecule has 4 nitrogen and oxygen atoms in total. The predicted molar refractivity (Wildman–Crippen MR) is 72.3 cm³/mol. The molecule has 0 radical (unpaired) electrons. The normalized spacial score (nSPS) is 23.7. The standard InChI is InChI=1S/C14H28N2O2/c1-14(10-15,13(17-2)18-3)16(8-11-4-5-11)9-12-6-7-12/h11-13H,4-10,15H2,1-3H3. The van der Waals surface area contributed by atoms with E-state index in [1.807, 2.05) is 0 Å². The molecule has 106 valence electrons. The van der Waals surface area contributed by atoms with E-state index in [2.05, 4.69) is 11.8 Å². The molecule has 0 spiro atoms. The largest absolute Gasteiger partial charge is 0.354 e. The second kappa shape index (κ2) is 5.87. The fourth-order valence-electron chi connectivity index (χ4n) is 2.69. The van der Waals surface area contributed by atoms with E-state index in [0.29, 0.717) is 6.54 Å². The molecule has 0 aliphatic heterocycles. The zero-order valence-electron chi connectivity index (χ0n) is 12.0. The fraction of sp³-hybridized carbons (Fsp3) is 1.00. The molecule has 2 aliphatic rings. The maximum absolute atomic E-state index is 6.05. The van der Waals surface area contributed by atoms with E-state index in [4.69, 9.17) is 15.2 Å². The van der Waals surface area contributed by atoms with Crippen molar-refractivity contribution < 1.29 is 9.47 Å². The first-order valence-corrected chi connectivity index (χ1v) is 7.14. The van der Waals surface area contributed by atoms with Gasteiger partial charge in [0, 0.05) is 33.9 Å². The number of nitrogens with two attached hydrogens (primary N) is 1. The molecule has 18 heavy (non-hydrogen) atoms. The number of nitrogens with zero attached hydrogens (tertiary/aromatic N) is 1. The summed E-state index contributed by atoms with van der Waals surface area (Å²) in [7, 11) is 3.41. The molecule has 0 heterocycles. The third kappa shape index (κ3) is 3.23. The maximum atomic E-state index is 6.05. The molecule has 0 saturated heterocycles. The lowest BCUT2D eigenvalue weighted by molar-refractivity contribution is -0.182. The van der Waals surface area contributed by atoms with Crippen LogP contribution in [0.3, 0.4) is 0 Å². The van der Waals surface area contributed by atoms with Crippen LogP contribution in [0.25, 0.3) is 0 Å². The molecule has 2 aliphatic carbocycles. The number of methoxy groups -OCH3 is 2. The van der Waals surface area contributed by atoms with E-state index >= 15 is 0 Å². The maximum Gasteiger partial charge on any atom is 0.176 e. The van der Waals surface area contributed by atoms with Gasteiger partial charge in [-0.1, -0.05) is 0 Å². The van der Waals surface area contributed by atoms with Crippen LogP contribution in [0.15, 0.2) is 0 Å². The van der Waals surface area contributed by atoms with Crippen molar-refractivity contribution in [3.8, 4) is 0 Å². The molecule has 1 atom stereocenters. The molecule has 0 aromatic carbocycles. The first-order valence-electron chi connectivity index (χ1n) is 7.14. The summed E-state index contributed by atoms with van der Waals surface area (Å²) in [5, 5.41) is 0. The first-order chi connectivity index (χ1) is 8.63. The lowest BCUT2D eigenvalue weighted by Crippen LogP contribution is -2.61. The quantitative estimate of drug-likeness (QED) is 0.634. The van der Waals surface area contributed by atoms with Crippen molar-refractivity contribution in [3.63, 3.8) is 0 Å². The molecule has 1 unspecified atom stereocenters. The lowest BCUT2D eigenvalue weighted by atomic mass is 9.97. The van der Waals surface area contributed by atoms with Crippen LogP contribution in [0.1, 0.15) is 32.6 Å². The summed E-state index contributed by atoms with van der Waals surface area (Å²) in [5.74, 6) is 1.73. The van der Waals surface area contributed by atoms with Gasteiger partial charge in [0.1, 0.15) is 0 Å². The van der Waals surface area contributed by atoms with Crippen molar-refractivity contribution in [2.24, 2.45) is 17.6 Å². The Labute approximate surface area is 111 Å². The van der Waals surface area contributed by atoms with Crippen LogP contribution in [-0.4, -0.2) is 50.6 Å². The van der Waals surface area contributed by atoms with Gasteiger partial charge >= 0.3 is 0 Å². The Morgan fingerprint density at radius 3 is 1.83 bits per heavy atom. The summed E-state index contributed by atoms with van der Waals surface area (Å²) >= 11 is 0. The van der Waals surface area contributed by atoms with Gasteiger partial charge in [-0.2, -0.15) is 0 Å². The highest BCUT2D eigenvalue weighted by molar-refractivity contribution is 4.95. The monoisotopic (exact) mass is 256 g/mol. The second-order valence-corrected chi connectivity index (χ2v) is 6.16. The number of ether oxygens (including phenoxy) is 2. The highest BCUT2D eigenvalue weighted by Gasteiger charge is 2.43. The van der Waals surface area contributed by atoms with E-state index in [9.17, 15) is 0 Å². The smallest absolute Gasteiger partial charge is 0.176 e. The number of hydrogen-bond donors (Lipinski definition) is 1. The van der Waals surface area contributed by atoms with E-state index in [1.54, 1.807) is 14.2 Å². The fourth-order valence-corrected chi connectivity index (χ4v) is 2.69. The van der Waals surface area contributed by atoms with Gasteiger partial charge in [0.2, 0.25) is 0 Å². The van der Waals surface area contributed by atoms with Gasteiger partial charge in [-0.15, -0.1) is 0 Å². The third-order valence-electron chi connectivity index (χ3n) is 4.42. The van der Waals surface area contributed by atoms with Crippen LogP contribution < -0.4 is 5.73 Å². The van der Waals surface area contributed by atoms with Crippen molar-refractivity contribution in [2.75, 3.05) is 33.9 Å². The van der Waals surface area contributed by atoms with Crippen molar-refractivity contribution in [1.29, 1.82) is 0 Å². The molecule has 0 amide bonds. The molecule has 0 aromatic heterocycles. The van der Waals surface area contributed by atoms with Crippen LogP contribution in [0.4, 0.5) is 0 Å². The zero-order chi connectivity index (χ0) is 13.2. The summed E-state index contributed by atoms with van der Waals surface area (Å²) in [4.78, 5) is 2.53. The van der Waals surface area contributed by atoms with Gasteiger partial charge in [0.25, 0.3) is 0 Å². The summed E-state index contributed by atoms with van der Waals surface area (Å²) in [5.41, 5.74) is 5.84. The second-order valence-electron chi connectivity index (χ2n) is 6.16. The number of rotatable bonds is 9. The SMILES string of the molecule is COC(OC)C(C)(CN)N(CC1CC1)CC1CC1. The summed E-state index contributed by atoms with van der Waals surface area (Å²) in [6, 6.07) is 0. The van der Waals surface area contributed by atoms with E-state index < -0.39 is 0 Å². The Morgan fingerprint density at radius 2 is 1.56 bits per heavy atom. The minimum absolute atomic E-state index is 0.214. The topological polar surface area (TPSA) is 47.7 Å². The first kappa shape index (κ1) is 14.3. The molecule has 0 bridgehead atoms. The average molecular weight is 256 g/mol. The Balaban J connectivity index is 2.06. The van der Waals surface area contributed by atoms with Gasteiger partial charge < -0.3 is 15.2 Å². The van der Waals surface area contributed by atoms with Crippen LogP contribution in [0, 0.1) is 11.8 Å². The Morgan fingerprint density at radius 1 is 1.11 bits per heavy atom.